The van der Waals surface area contributed by atoms with E-state index < -0.39 is 36.1 Å². The second-order valence-corrected chi connectivity index (χ2v) is 9.29. The Labute approximate surface area is 232 Å². The number of carbonyl (C=O) groups excluding carboxylic acids is 1. The molecular weight excluding hydrogens is 543 g/mol. The van der Waals surface area contributed by atoms with Crippen LogP contribution in [0.3, 0.4) is 0 Å². The number of amides is 1. The molecule has 1 amide bonds. The van der Waals surface area contributed by atoms with Crippen molar-refractivity contribution in [2.75, 3.05) is 19.8 Å². The molecule has 4 rings (SSSR count). The summed E-state index contributed by atoms with van der Waals surface area (Å²) < 4.78 is 54.2. The maximum Gasteiger partial charge on any atom is 0.429 e. The summed E-state index contributed by atoms with van der Waals surface area (Å²) in [4.78, 5) is 32.5. The van der Waals surface area contributed by atoms with Crippen molar-refractivity contribution < 1.29 is 37.0 Å². The van der Waals surface area contributed by atoms with Crippen molar-refractivity contribution in [1.29, 1.82) is 0 Å². The number of aromatic nitrogens is 2. The second kappa shape index (κ2) is 11.7. The fourth-order valence-electron chi connectivity index (χ4n) is 4.00. The molecule has 5 N–H and O–H groups in total. The third-order valence-electron chi connectivity index (χ3n) is 6.01. The van der Waals surface area contributed by atoms with Crippen molar-refractivity contribution >= 4 is 17.8 Å². The molecule has 0 spiro atoms. The lowest BCUT2D eigenvalue weighted by Crippen LogP contribution is -2.32. The molecule has 214 valence electrons. The first-order chi connectivity index (χ1) is 19.3. The number of rotatable bonds is 9. The topological polar surface area (TPSA) is 158 Å². The van der Waals surface area contributed by atoms with Crippen molar-refractivity contribution in [1.82, 2.24) is 14.9 Å². The molecule has 4 aromatic rings. The Balaban J connectivity index is 1.67. The summed E-state index contributed by atoms with van der Waals surface area (Å²) in [5.41, 5.74) is 12.5. The lowest BCUT2D eigenvalue weighted by molar-refractivity contribution is -0.198. The first-order valence-electron chi connectivity index (χ1n) is 12.2. The van der Waals surface area contributed by atoms with E-state index in [1.54, 1.807) is 24.3 Å². The van der Waals surface area contributed by atoms with E-state index in [1.807, 2.05) is 0 Å². The number of carboxylic acid groups (broad SMARTS) is 1. The third-order valence-corrected chi connectivity index (χ3v) is 6.01. The van der Waals surface area contributed by atoms with Crippen LogP contribution in [0.4, 0.5) is 19.1 Å². The second-order valence-electron chi connectivity index (χ2n) is 9.29. The molecular formula is C28H26F3N5O5. The van der Waals surface area contributed by atoms with E-state index in [9.17, 15) is 22.8 Å². The normalized spacial score (nSPS) is 12.9. The molecule has 2 aromatic carbocycles. The summed E-state index contributed by atoms with van der Waals surface area (Å²) in [6.45, 7) is 0. The minimum absolute atomic E-state index is 0.0338. The maximum atomic E-state index is 14.4. The minimum atomic E-state index is -4.88. The Morgan fingerprint density at radius 1 is 1.05 bits per heavy atom. The number of furan rings is 1. The zero-order chi connectivity index (χ0) is 29.9. The summed E-state index contributed by atoms with van der Waals surface area (Å²) >= 11 is 0. The number of hydrogen-bond acceptors (Lipinski definition) is 8. The van der Waals surface area contributed by atoms with Crippen LogP contribution in [-0.4, -0.2) is 58.2 Å². The number of benzene rings is 2. The number of alkyl halides is 3. The number of halogens is 3. The van der Waals surface area contributed by atoms with Crippen LogP contribution in [-0.2, 0) is 11.2 Å². The van der Waals surface area contributed by atoms with Gasteiger partial charge in [0.2, 0.25) is 17.9 Å². The van der Waals surface area contributed by atoms with E-state index in [-0.39, 0.29) is 40.7 Å². The maximum absolute atomic E-state index is 14.4. The number of carbonyl (C=O) groups is 2. The van der Waals surface area contributed by atoms with E-state index in [2.05, 4.69) is 9.97 Å². The van der Waals surface area contributed by atoms with E-state index in [1.165, 1.54) is 61.5 Å². The molecule has 0 aliphatic carbocycles. The van der Waals surface area contributed by atoms with Gasteiger partial charge in [-0.25, -0.2) is 4.98 Å². The Bertz CT molecular complexity index is 1550. The van der Waals surface area contributed by atoms with Gasteiger partial charge in [0.1, 0.15) is 11.8 Å². The molecule has 0 fully saturated rings. The number of hydrogen-bond donors (Lipinski definition) is 3. The summed E-state index contributed by atoms with van der Waals surface area (Å²) in [6.07, 6.45) is -7.27. The number of ether oxygens (including phenoxy) is 1. The Hall–Kier alpha value is -4.91. The van der Waals surface area contributed by atoms with E-state index in [0.29, 0.717) is 11.1 Å². The SMILES string of the molecule is CN(C)C(=O)c1ccc(-c2ccccc2C(Oc2cc(-c3ccc(CC(N)C(=O)O)cc3)nc(N)n2)C(F)(F)F)o1. The van der Waals surface area contributed by atoms with Crippen LogP contribution in [0.2, 0.25) is 0 Å². The molecule has 2 aromatic heterocycles. The van der Waals surface area contributed by atoms with Gasteiger partial charge in [-0.1, -0.05) is 48.5 Å². The van der Waals surface area contributed by atoms with Gasteiger partial charge >= 0.3 is 12.1 Å². The predicted octanol–water partition coefficient (Wildman–Crippen LogP) is 4.32. The Morgan fingerprint density at radius 2 is 1.73 bits per heavy atom. The molecule has 0 bridgehead atoms. The van der Waals surface area contributed by atoms with Crippen LogP contribution >= 0.6 is 0 Å². The monoisotopic (exact) mass is 569 g/mol. The molecule has 0 aliphatic rings. The van der Waals surface area contributed by atoms with Crippen LogP contribution in [0.25, 0.3) is 22.6 Å². The highest BCUT2D eigenvalue weighted by Crippen LogP contribution is 2.41. The van der Waals surface area contributed by atoms with Gasteiger partial charge in [-0.3, -0.25) is 9.59 Å². The summed E-state index contributed by atoms with van der Waals surface area (Å²) in [7, 11) is 3.05. The lowest BCUT2D eigenvalue weighted by Gasteiger charge is -2.23. The number of nitrogens with two attached hydrogens (primary N) is 2. The van der Waals surface area contributed by atoms with Gasteiger partial charge in [0.15, 0.2) is 5.76 Å². The van der Waals surface area contributed by atoms with Crippen molar-refractivity contribution in [3.8, 4) is 28.5 Å². The molecule has 13 heteroatoms. The zero-order valence-electron chi connectivity index (χ0n) is 21.9. The van der Waals surface area contributed by atoms with Crippen molar-refractivity contribution in [3.05, 3.63) is 83.6 Å². The third kappa shape index (κ3) is 6.81. The summed E-state index contributed by atoms with van der Waals surface area (Å²) in [5, 5.41) is 9.00. The van der Waals surface area contributed by atoms with Gasteiger partial charge in [-0.2, -0.15) is 18.2 Å². The molecule has 10 nitrogen and oxygen atoms in total. The van der Waals surface area contributed by atoms with Crippen LogP contribution in [0.5, 0.6) is 5.88 Å². The predicted molar refractivity (Wildman–Crippen MR) is 143 cm³/mol. The molecule has 0 saturated carbocycles. The van der Waals surface area contributed by atoms with Crippen LogP contribution < -0.4 is 16.2 Å². The Kier molecular flexibility index (Phi) is 8.28. The fraction of sp³-hybridized carbons (Fsp3) is 0.214. The average molecular weight is 570 g/mol. The van der Waals surface area contributed by atoms with Gasteiger partial charge in [0.25, 0.3) is 5.91 Å². The molecule has 0 radical (unpaired) electrons. The van der Waals surface area contributed by atoms with Crippen molar-refractivity contribution in [2.45, 2.75) is 24.7 Å². The fourth-order valence-corrected chi connectivity index (χ4v) is 4.00. The number of aliphatic carboxylic acids is 1. The lowest BCUT2D eigenvalue weighted by atomic mass is 10.00. The van der Waals surface area contributed by atoms with Crippen LogP contribution in [0, 0.1) is 0 Å². The highest BCUT2D eigenvalue weighted by Gasteiger charge is 2.45. The van der Waals surface area contributed by atoms with E-state index >= 15 is 0 Å². The molecule has 2 unspecified atom stereocenters. The zero-order valence-corrected chi connectivity index (χ0v) is 21.9. The average Bonchev–Trinajstić information content (AvgIpc) is 3.41. The first kappa shape index (κ1) is 29.1. The first-order valence-corrected chi connectivity index (χ1v) is 12.2. The van der Waals surface area contributed by atoms with Gasteiger partial charge in [-0.05, 0) is 24.1 Å². The quantitative estimate of drug-likeness (QED) is 0.267. The highest BCUT2D eigenvalue weighted by atomic mass is 19.4. The van der Waals surface area contributed by atoms with Gasteiger partial charge in [0, 0.05) is 36.9 Å². The largest absolute Gasteiger partial charge is 0.480 e. The van der Waals surface area contributed by atoms with E-state index in [4.69, 9.17) is 25.7 Å². The number of anilines is 1. The highest BCUT2D eigenvalue weighted by molar-refractivity contribution is 5.91. The van der Waals surface area contributed by atoms with Crippen molar-refractivity contribution in [2.24, 2.45) is 5.73 Å². The van der Waals surface area contributed by atoms with E-state index in [0.717, 1.165) is 0 Å². The molecule has 0 aliphatic heterocycles. The molecule has 41 heavy (non-hydrogen) atoms. The molecule has 0 saturated heterocycles. The van der Waals surface area contributed by atoms with Crippen LogP contribution in [0.1, 0.15) is 27.8 Å². The standard InChI is InChI=1S/C28H26F3N5O5/c1-36(2)25(37)22-12-11-21(40-22)17-5-3-4-6-18(17)24(28(29,30)31)41-23-14-20(34-27(33)35-23)16-9-7-15(8-10-16)13-19(32)26(38)39/h3-12,14,19,24H,13,32H2,1-2H3,(H,38,39)(H2,33,34,35). The molecule has 2 atom stereocenters. The minimum Gasteiger partial charge on any atom is -0.480 e. The summed E-state index contributed by atoms with van der Waals surface area (Å²) in [6, 6.07) is 15.0. The number of nitrogens with zero attached hydrogens (tertiary/aromatic N) is 3. The molecule has 2 heterocycles. The smallest absolute Gasteiger partial charge is 0.429 e. The van der Waals surface area contributed by atoms with Gasteiger partial charge in [-0.15, -0.1) is 0 Å². The van der Waals surface area contributed by atoms with Crippen LogP contribution in [0.15, 0.2) is 71.1 Å². The number of nitrogen functional groups attached to an aromatic ring is 1. The van der Waals surface area contributed by atoms with Gasteiger partial charge in [0.05, 0.1) is 5.69 Å². The van der Waals surface area contributed by atoms with Crippen molar-refractivity contribution in [3.63, 3.8) is 0 Å². The Morgan fingerprint density at radius 3 is 2.37 bits per heavy atom. The number of carboxylic acids is 1. The summed E-state index contributed by atoms with van der Waals surface area (Å²) in [5.74, 6) is -2.32. The van der Waals surface area contributed by atoms with Gasteiger partial charge < -0.3 is 30.6 Å².